The molecule has 0 radical (unpaired) electrons. The zero-order valence-electron chi connectivity index (χ0n) is 11.4. The Hall–Kier alpha value is -0.840. The van der Waals surface area contributed by atoms with E-state index in [0.29, 0.717) is 12.6 Å². The molecular weight excluding hydrogens is 214 g/mol. The van der Waals surface area contributed by atoms with Crippen molar-refractivity contribution in [2.45, 2.75) is 33.0 Å². The lowest BCUT2D eigenvalue weighted by Gasteiger charge is -2.29. The van der Waals surface area contributed by atoms with Gasteiger partial charge in [-0.2, -0.15) is 0 Å². The fourth-order valence-electron chi connectivity index (χ4n) is 2.10. The molecule has 0 aromatic carbocycles. The number of rotatable bonds is 7. The minimum absolute atomic E-state index is 0.505. The van der Waals surface area contributed by atoms with Crippen molar-refractivity contribution < 1.29 is 4.42 Å². The van der Waals surface area contributed by atoms with Gasteiger partial charge in [0.2, 0.25) is 0 Å². The highest BCUT2D eigenvalue weighted by Crippen LogP contribution is 2.14. The Morgan fingerprint density at radius 2 is 2.12 bits per heavy atom. The molecule has 0 fully saturated rings. The molecule has 1 aromatic rings. The lowest BCUT2D eigenvalue weighted by atomic mass is 10.2. The van der Waals surface area contributed by atoms with Crippen molar-refractivity contribution in [3.8, 4) is 0 Å². The van der Waals surface area contributed by atoms with E-state index in [0.717, 1.165) is 31.0 Å². The van der Waals surface area contributed by atoms with Gasteiger partial charge in [0.25, 0.3) is 0 Å². The van der Waals surface area contributed by atoms with Crippen LogP contribution in [0.3, 0.4) is 0 Å². The third-order valence-corrected chi connectivity index (χ3v) is 3.06. The smallest absolute Gasteiger partial charge is 0.122 e. The summed E-state index contributed by atoms with van der Waals surface area (Å²) < 4.78 is 5.51. The Balaban J connectivity index is 2.63. The molecule has 0 saturated carbocycles. The van der Waals surface area contributed by atoms with Crippen LogP contribution in [-0.2, 0) is 13.1 Å². The highest BCUT2D eigenvalue weighted by Gasteiger charge is 2.16. The lowest BCUT2D eigenvalue weighted by Crippen LogP contribution is -2.39. The Morgan fingerprint density at radius 1 is 1.41 bits per heavy atom. The van der Waals surface area contributed by atoms with Crippen molar-refractivity contribution in [3.05, 3.63) is 23.7 Å². The number of nitrogens with two attached hydrogens (primary N) is 1. The first-order chi connectivity index (χ1) is 8.08. The van der Waals surface area contributed by atoms with Crippen molar-refractivity contribution in [2.24, 2.45) is 5.73 Å². The number of hydrogen-bond donors (Lipinski definition) is 1. The van der Waals surface area contributed by atoms with Crippen molar-refractivity contribution >= 4 is 0 Å². The molecule has 1 atom stereocenters. The number of nitrogens with zero attached hydrogens (tertiary/aromatic N) is 2. The van der Waals surface area contributed by atoms with Gasteiger partial charge in [-0.05, 0) is 33.6 Å². The van der Waals surface area contributed by atoms with Crippen LogP contribution < -0.4 is 5.73 Å². The Labute approximate surface area is 104 Å². The van der Waals surface area contributed by atoms with Crippen molar-refractivity contribution in [1.29, 1.82) is 0 Å². The topological polar surface area (TPSA) is 45.6 Å². The molecule has 1 aromatic heterocycles. The van der Waals surface area contributed by atoms with E-state index >= 15 is 0 Å². The maximum absolute atomic E-state index is 5.68. The summed E-state index contributed by atoms with van der Waals surface area (Å²) in [7, 11) is 4.20. The molecule has 0 spiro atoms. The van der Waals surface area contributed by atoms with E-state index in [2.05, 4.69) is 37.7 Å². The first-order valence-corrected chi connectivity index (χ1v) is 6.22. The van der Waals surface area contributed by atoms with E-state index < -0.39 is 0 Å². The molecule has 1 rings (SSSR count). The summed E-state index contributed by atoms with van der Waals surface area (Å²) in [5.41, 5.74) is 6.79. The standard InChI is InChI=1S/C13H25N3O/c1-5-16(11(2)9-15(3)4)10-13-12(8-14)6-7-17-13/h6-7,11H,5,8-10,14H2,1-4H3. The predicted molar refractivity (Wildman–Crippen MR) is 70.7 cm³/mol. The van der Waals surface area contributed by atoms with E-state index in [1.165, 1.54) is 0 Å². The van der Waals surface area contributed by atoms with Crippen LogP contribution in [0.25, 0.3) is 0 Å². The third kappa shape index (κ3) is 4.15. The van der Waals surface area contributed by atoms with Gasteiger partial charge in [-0.1, -0.05) is 6.92 Å². The first-order valence-electron chi connectivity index (χ1n) is 6.22. The van der Waals surface area contributed by atoms with Crippen LogP contribution in [0.2, 0.25) is 0 Å². The van der Waals surface area contributed by atoms with Crippen molar-refractivity contribution in [1.82, 2.24) is 9.80 Å². The van der Waals surface area contributed by atoms with Crippen molar-refractivity contribution in [3.63, 3.8) is 0 Å². The molecule has 0 aliphatic heterocycles. The third-order valence-electron chi connectivity index (χ3n) is 3.06. The quantitative estimate of drug-likeness (QED) is 0.783. The predicted octanol–water partition coefficient (Wildman–Crippen LogP) is 1.51. The second kappa shape index (κ2) is 6.79. The van der Waals surface area contributed by atoms with E-state index in [1.54, 1.807) is 6.26 Å². The summed E-state index contributed by atoms with van der Waals surface area (Å²) in [4.78, 5) is 4.61. The van der Waals surface area contributed by atoms with Crippen LogP contribution in [0.5, 0.6) is 0 Å². The van der Waals surface area contributed by atoms with E-state index in [4.69, 9.17) is 10.2 Å². The number of hydrogen-bond acceptors (Lipinski definition) is 4. The average molecular weight is 239 g/mol. The molecule has 98 valence electrons. The van der Waals surface area contributed by atoms with Crippen molar-refractivity contribution in [2.75, 3.05) is 27.2 Å². The molecule has 1 unspecified atom stereocenters. The minimum atomic E-state index is 0.505. The van der Waals surface area contributed by atoms with Crippen LogP contribution in [0.15, 0.2) is 16.7 Å². The van der Waals surface area contributed by atoms with E-state index in [9.17, 15) is 0 Å². The lowest BCUT2D eigenvalue weighted by molar-refractivity contribution is 0.162. The van der Waals surface area contributed by atoms with Gasteiger partial charge in [-0.3, -0.25) is 4.90 Å². The monoisotopic (exact) mass is 239 g/mol. The minimum Gasteiger partial charge on any atom is -0.468 e. The molecule has 0 saturated heterocycles. The molecule has 0 aliphatic rings. The van der Waals surface area contributed by atoms with E-state index in [1.807, 2.05) is 6.07 Å². The summed E-state index contributed by atoms with van der Waals surface area (Å²) in [6, 6.07) is 2.46. The highest BCUT2D eigenvalue weighted by atomic mass is 16.3. The number of furan rings is 1. The molecule has 17 heavy (non-hydrogen) atoms. The summed E-state index contributed by atoms with van der Waals surface area (Å²) >= 11 is 0. The second-order valence-corrected chi connectivity index (χ2v) is 4.75. The maximum Gasteiger partial charge on any atom is 0.122 e. The molecular formula is C13H25N3O. The van der Waals surface area contributed by atoms with Crippen LogP contribution >= 0.6 is 0 Å². The van der Waals surface area contributed by atoms with Gasteiger partial charge in [0.15, 0.2) is 0 Å². The van der Waals surface area contributed by atoms with Gasteiger partial charge in [-0.15, -0.1) is 0 Å². The molecule has 0 aliphatic carbocycles. The fraction of sp³-hybridized carbons (Fsp3) is 0.692. The van der Waals surface area contributed by atoms with Gasteiger partial charge in [0.05, 0.1) is 12.8 Å². The zero-order chi connectivity index (χ0) is 12.8. The zero-order valence-corrected chi connectivity index (χ0v) is 11.4. The number of likely N-dealkylation sites (N-methyl/N-ethyl adjacent to an activating group) is 2. The van der Waals surface area contributed by atoms with Gasteiger partial charge >= 0.3 is 0 Å². The van der Waals surface area contributed by atoms with Gasteiger partial charge in [-0.25, -0.2) is 0 Å². The Bertz CT molecular complexity index is 322. The summed E-state index contributed by atoms with van der Waals surface area (Å²) in [6.07, 6.45) is 1.72. The summed E-state index contributed by atoms with van der Waals surface area (Å²) in [6.45, 7) is 7.87. The summed E-state index contributed by atoms with van der Waals surface area (Å²) in [5.74, 6) is 1.000. The second-order valence-electron chi connectivity index (χ2n) is 4.75. The van der Waals surface area contributed by atoms with Gasteiger partial charge in [0.1, 0.15) is 5.76 Å². The SMILES string of the molecule is CCN(Cc1occc1CN)C(C)CN(C)C. The van der Waals surface area contributed by atoms with Crippen LogP contribution in [0.4, 0.5) is 0 Å². The maximum atomic E-state index is 5.68. The normalized spacial score (nSPS) is 13.6. The Kier molecular flexibility index (Phi) is 5.68. The highest BCUT2D eigenvalue weighted by molar-refractivity contribution is 5.16. The molecule has 2 N–H and O–H groups in total. The average Bonchev–Trinajstić information content (AvgIpc) is 2.71. The van der Waals surface area contributed by atoms with E-state index in [-0.39, 0.29) is 0 Å². The van der Waals surface area contributed by atoms with Crippen LogP contribution in [-0.4, -0.2) is 43.0 Å². The van der Waals surface area contributed by atoms with Gasteiger partial charge < -0.3 is 15.1 Å². The first kappa shape index (κ1) is 14.2. The molecule has 0 bridgehead atoms. The van der Waals surface area contributed by atoms with Gasteiger partial charge in [0, 0.05) is 24.7 Å². The molecule has 0 amide bonds. The molecule has 4 heteroatoms. The fourth-order valence-corrected chi connectivity index (χ4v) is 2.10. The molecule has 4 nitrogen and oxygen atoms in total. The summed E-state index contributed by atoms with van der Waals surface area (Å²) in [5, 5.41) is 0. The largest absolute Gasteiger partial charge is 0.468 e. The van der Waals surface area contributed by atoms with Crippen LogP contribution in [0, 0.1) is 0 Å². The Morgan fingerprint density at radius 3 is 2.65 bits per heavy atom. The molecule has 1 heterocycles. The van der Waals surface area contributed by atoms with Crippen LogP contribution in [0.1, 0.15) is 25.2 Å².